The highest BCUT2D eigenvalue weighted by atomic mass is 32.2. The molecule has 0 saturated heterocycles. The molecule has 3 rings (SSSR count). The van der Waals surface area contributed by atoms with Gasteiger partial charge in [-0.1, -0.05) is 27.7 Å². The molecule has 222 valence electrons. The maximum absolute atomic E-state index is 14.1. The monoisotopic (exact) mass is 603 g/mol. The van der Waals surface area contributed by atoms with E-state index in [1.54, 1.807) is 34.6 Å². The average Bonchev–Trinajstić information content (AvgIpc) is 3.35. The first-order chi connectivity index (χ1) is 18.1. The summed E-state index contributed by atoms with van der Waals surface area (Å²) in [7, 11) is -3.97. The Labute approximate surface area is 236 Å². The molecular weight excluding hydrogens is 568 g/mol. The molecule has 0 fully saturated rings. The number of nitrogens with zero attached hydrogens (tertiary/aromatic N) is 2. The number of alkyl halides is 2. The second-order valence-corrected chi connectivity index (χ2v) is 14.7. The first kappa shape index (κ1) is 31.7. The van der Waals surface area contributed by atoms with Crippen molar-refractivity contribution in [3.63, 3.8) is 0 Å². The first-order valence-corrected chi connectivity index (χ1v) is 14.9. The van der Waals surface area contributed by atoms with Crippen LogP contribution < -0.4 is 14.2 Å². The third kappa shape index (κ3) is 7.26. The molecule has 1 aliphatic rings. The van der Waals surface area contributed by atoms with Crippen molar-refractivity contribution in [2.45, 2.75) is 102 Å². The molecule has 2 aromatic rings. The molecule has 1 aromatic heterocycles. The number of hydrogen-bond acceptors (Lipinski definition) is 9. The Kier molecular flexibility index (Phi) is 8.60. The van der Waals surface area contributed by atoms with Crippen LogP contribution >= 0.6 is 11.3 Å². The van der Waals surface area contributed by atoms with Crippen LogP contribution in [0.2, 0.25) is 0 Å². The van der Waals surface area contributed by atoms with E-state index < -0.39 is 45.8 Å². The summed E-state index contributed by atoms with van der Waals surface area (Å²) in [6.07, 6.45) is -4.20. The Morgan fingerprint density at radius 3 is 2.30 bits per heavy atom. The van der Waals surface area contributed by atoms with Crippen LogP contribution in [0.25, 0.3) is 0 Å². The highest BCUT2D eigenvalue weighted by Crippen LogP contribution is 2.49. The van der Waals surface area contributed by atoms with Gasteiger partial charge in [0.25, 0.3) is 5.91 Å². The number of thiazole rings is 1. The number of rotatable bonds is 7. The predicted octanol–water partition coefficient (Wildman–Crippen LogP) is 5.97. The fourth-order valence-electron chi connectivity index (χ4n) is 4.02. The Balaban J connectivity index is 2.13. The van der Waals surface area contributed by atoms with Gasteiger partial charge in [-0.25, -0.2) is 18.7 Å². The highest BCUT2D eigenvalue weighted by Gasteiger charge is 2.46. The van der Waals surface area contributed by atoms with Crippen molar-refractivity contribution in [3.8, 4) is 11.5 Å². The molecular formula is C26H35F2N3O7S2. The van der Waals surface area contributed by atoms with E-state index in [0.29, 0.717) is 16.7 Å². The van der Waals surface area contributed by atoms with Gasteiger partial charge in [0.05, 0.1) is 12.6 Å². The zero-order valence-corrected chi connectivity index (χ0v) is 25.5. The van der Waals surface area contributed by atoms with Crippen molar-refractivity contribution in [1.29, 1.82) is 0 Å². The van der Waals surface area contributed by atoms with Gasteiger partial charge >= 0.3 is 12.4 Å². The van der Waals surface area contributed by atoms with E-state index in [-0.39, 0.29) is 32.6 Å². The SMILES string of the molecule is CC(C)c1cc2c(c(C(C)C)c1CC(=O)N=[S@@](=O)(NC(=O)OC(C)(C)C)c1cnc(C(C)(C)O)s1)OC(F)(F)O2. The van der Waals surface area contributed by atoms with E-state index in [9.17, 15) is 27.7 Å². The normalized spacial score (nSPS) is 16.1. The Hall–Kier alpha value is -2.84. The summed E-state index contributed by atoms with van der Waals surface area (Å²) in [5, 5.41) is 10.5. The summed E-state index contributed by atoms with van der Waals surface area (Å²) in [6.45, 7) is 15.0. The second kappa shape index (κ2) is 10.9. The summed E-state index contributed by atoms with van der Waals surface area (Å²) in [5.41, 5.74) is -1.03. The zero-order chi connectivity index (χ0) is 30.4. The zero-order valence-electron chi connectivity index (χ0n) is 23.9. The molecule has 1 atom stereocenters. The van der Waals surface area contributed by atoms with Gasteiger partial charge < -0.3 is 19.3 Å². The Bertz CT molecular complexity index is 1430. The number of amides is 2. The molecule has 0 aliphatic carbocycles. The number of carbonyl (C=O) groups excluding carboxylic acids is 2. The molecule has 0 radical (unpaired) electrons. The van der Waals surface area contributed by atoms with Crippen molar-refractivity contribution in [1.82, 2.24) is 9.71 Å². The minimum atomic E-state index is -3.97. The molecule has 0 unspecified atom stereocenters. The van der Waals surface area contributed by atoms with Gasteiger partial charge in [0, 0.05) is 5.56 Å². The number of fused-ring (bicyclic) bond motifs is 1. The fraction of sp³-hybridized carbons (Fsp3) is 0.577. The lowest BCUT2D eigenvalue weighted by Gasteiger charge is -2.21. The fourth-order valence-corrected chi connectivity index (χ4v) is 6.65. The van der Waals surface area contributed by atoms with Gasteiger partial charge in [0.15, 0.2) is 21.4 Å². The Morgan fingerprint density at radius 1 is 1.18 bits per heavy atom. The first-order valence-electron chi connectivity index (χ1n) is 12.6. The van der Waals surface area contributed by atoms with E-state index in [0.717, 1.165) is 17.5 Å². The summed E-state index contributed by atoms with van der Waals surface area (Å²) >= 11 is 0.814. The number of benzene rings is 1. The van der Waals surface area contributed by atoms with Crippen LogP contribution in [0.15, 0.2) is 20.8 Å². The number of aliphatic hydroxyl groups is 1. The van der Waals surface area contributed by atoms with Gasteiger partial charge in [-0.2, -0.15) is 0 Å². The second-order valence-electron chi connectivity index (χ2n) is 11.5. The molecule has 0 bridgehead atoms. The quantitative estimate of drug-likeness (QED) is 0.395. The Morgan fingerprint density at radius 2 is 1.80 bits per heavy atom. The third-order valence-corrected chi connectivity index (χ3v) is 9.12. The molecule has 14 heteroatoms. The summed E-state index contributed by atoms with van der Waals surface area (Å²) < 4.78 is 62.8. The van der Waals surface area contributed by atoms with Crippen LogP contribution in [0.4, 0.5) is 13.6 Å². The number of ether oxygens (including phenoxy) is 3. The molecule has 2 heterocycles. The van der Waals surface area contributed by atoms with Gasteiger partial charge in [-0.15, -0.1) is 24.5 Å². The molecule has 40 heavy (non-hydrogen) atoms. The minimum Gasteiger partial charge on any atom is -0.443 e. The van der Waals surface area contributed by atoms with Crippen molar-refractivity contribution in [3.05, 3.63) is 34.0 Å². The topological polar surface area (TPSA) is 136 Å². The maximum atomic E-state index is 14.1. The molecule has 0 spiro atoms. The van der Waals surface area contributed by atoms with Gasteiger partial charge in [-0.05, 0) is 63.6 Å². The van der Waals surface area contributed by atoms with Gasteiger partial charge in [-0.3, -0.25) is 4.79 Å². The number of nitrogens with one attached hydrogen (secondary N) is 1. The maximum Gasteiger partial charge on any atom is 0.586 e. The van der Waals surface area contributed by atoms with Crippen LogP contribution in [0.3, 0.4) is 0 Å². The number of carbonyl (C=O) groups is 2. The van der Waals surface area contributed by atoms with Crippen molar-refractivity contribution in [2.75, 3.05) is 0 Å². The summed E-state index contributed by atoms with van der Waals surface area (Å²) in [4.78, 5) is 30.1. The third-order valence-electron chi connectivity index (χ3n) is 5.54. The van der Waals surface area contributed by atoms with E-state index in [2.05, 4.69) is 14.1 Å². The lowest BCUT2D eigenvalue weighted by atomic mass is 9.86. The number of hydrogen-bond donors (Lipinski definition) is 2. The van der Waals surface area contributed by atoms with E-state index >= 15 is 0 Å². The molecule has 1 aliphatic heterocycles. The van der Waals surface area contributed by atoms with Crippen LogP contribution in [-0.2, 0) is 31.5 Å². The largest absolute Gasteiger partial charge is 0.586 e. The molecule has 10 nitrogen and oxygen atoms in total. The van der Waals surface area contributed by atoms with Crippen molar-refractivity contribution >= 4 is 33.3 Å². The molecule has 0 saturated carbocycles. The van der Waals surface area contributed by atoms with Gasteiger partial charge in [0.1, 0.15) is 20.4 Å². The molecule has 1 aromatic carbocycles. The van der Waals surface area contributed by atoms with E-state index in [1.165, 1.54) is 19.9 Å². The highest BCUT2D eigenvalue weighted by molar-refractivity contribution is 7.94. The van der Waals surface area contributed by atoms with Gasteiger partial charge in [0.2, 0.25) is 0 Å². The van der Waals surface area contributed by atoms with Crippen LogP contribution in [0, 0.1) is 0 Å². The van der Waals surface area contributed by atoms with E-state index in [4.69, 9.17) is 14.2 Å². The van der Waals surface area contributed by atoms with Crippen LogP contribution in [-0.4, -0.2) is 38.2 Å². The molecule has 2 N–H and O–H groups in total. The van der Waals surface area contributed by atoms with Crippen LogP contribution in [0.1, 0.15) is 95.8 Å². The number of aromatic nitrogens is 1. The van der Waals surface area contributed by atoms with Crippen molar-refractivity contribution < 1.29 is 41.9 Å². The summed E-state index contributed by atoms with van der Waals surface area (Å²) in [6, 6.07) is 1.41. The smallest absolute Gasteiger partial charge is 0.443 e. The standard InChI is InChI=1S/C26H35F2N3O7S2/c1-13(2)15-10-17-21(37-26(27,28)36-17)20(14(3)4)16(15)11-18(32)30-40(35,31-23(33)38-24(5,6)7)19-12-29-22(39-19)25(8,9)34/h10,12-14,34H,11H2,1-9H3,(H,30,31,32,33,35)/t40-/m1/s1. The minimum absolute atomic E-state index is 0.0812. The van der Waals surface area contributed by atoms with Crippen LogP contribution in [0.5, 0.6) is 11.5 Å². The lowest BCUT2D eigenvalue weighted by Crippen LogP contribution is -2.36. The average molecular weight is 604 g/mol. The molecule has 2 amide bonds. The summed E-state index contributed by atoms with van der Waals surface area (Å²) in [5.74, 6) is -1.76. The van der Waals surface area contributed by atoms with Crippen molar-refractivity contribution in [2.24, 2.45) is 4.36 Å². The van der Waals surface area contributed by atoms with E-state index in [1.807, 2.05) is 13.8 Å². The predicted molar refractivity (Wildman–Crippen MR) is 145 cm³/mol. The lowest BCUT2D eigenvalue weighted by molar-refractivity contribution is -0.287. The number of halogens is 2.